The Labute approximate surface area is 101 Å². The van der Waals surface area contributed by atoms with Crippen molar-refractivity contribution in [3.05, 3.63) is 0 Å². The third kappa shape index (κ3) is 6.09. The second kappa shape index (κ2) is 8.55. The summed E-state index contributed by atoms with van der Waals surface area (Å²) in [7, 11) is 0. The summed E-state index contributed by atoms with van der Waals surface area (Å²) in [4.78, 5) is 2.46. The highest BCUT2D eigenvalue weighted by molar-refractivity contribution is 4.80. The molecule has 0 spiro atoms. The van der Waals surface area contributed by atoms with Crippen molar-refractivity contribution in [2.75, 3.05) is 13.1 Å². The second-order valence-corrected chi connectivity index (χ2v) is 4.85. The van der Waals surface area contributed by atoms with E-state index in [1.807, 2.05) is 0 Å². The van der Waals surface area contributed by atoms with Crippen LogP contribution >= 0.6 is 0 Å². The van der Waals surface area contributed by atoms with E-state index in [2.05, 4.69) is 50.9 Å². The van der Waals surface area contributed by atoms with E-state index in [1.54, 1.807) is 0 Å². The maximum absolute atomic E-state index is 8.65. The van der Waals surface area contributed by atoms with Crippen LogP contribution in [0.2, 0.25) is 0 Å². The molecular formula is C13H27N3. The van der Waals surface area contributed by atoms with Crippen molar-refractivity contribution in [3.63, 3.8) is 0 Å². The molecule has 0 aliphatic carbocycles. The minimum absolute atomic E-state index is 0.353. The molecule has 0 heterocycles. The Morgan fingerprint density at radius 3 is 2.12 bits per heavy atom. The van der Waals surface area contributed by atoms with Crippen LogP contribution in [0.25, 0.3) is 0 Å². The van der Waals surface area contributed by atoms with Crippen LogP contribution in [0.15, 0.2) is 0 Å². The van der Waals surface area contributed by atoms with Crippen molar-refractivity contribution in [2.24, 2.45) is 0 Å². The van der Waals surface area contributed by atoms with Gasteiger partial charge in [0.2, 0.25) is 0 Å². The molecule has 0 radical (unpaired) electrons. The van der Waals surface area contributed by atoms with Crippen molar-refractivity contribution >= 4 is 0 Å². The number of rotatable bonds is 8. The largest absolute Gasteiger partial charge is 0.312 e. The van der Waals surface area contributed by atoms with Gasteiger partial charge in [-0.25, -0.2) is 0 Å². The van der Waals surface area contributed by atoms with Crippen molar-refractivity contribution in [2.45, 2.75) is 65.6 Å². The normalized spacial score (nSPS) is 13.4. The molecule has 94 valence electrons. The van der Waals surface area contributed by atoms with Gasteiger partial charge in [-0.15, -0.1) is 0 Å². The second-order valence-electron chi connectivity index (χ2n) is 4.85. The molecule has 1 unspecified atom stereocenters. The number of nitrogens with zero attached hydrogens (tertiary/aromatic N) is 2. The predicted octanol–water partition coefficient (Wildman–Crippen LogP) is 2.39. The van der Waals surface area contributed by atoms with Crippen LogP contribution in [0.5, 0.6) is 0 Å². The molecule has 1 N–H and O–H groups in total. The zero-order chi connectivity index (χ0) is 12.6. The van der Waals surface area contributed by atoms with E-state index >= 15 is 0 Å². The van der Waals surface area contributed by atoms with Gasteiger partial charge in [0.15, 0.2) is 0 Å². The van der Waals surface area contributed by atoms with Gasteiger partial charge in [-0.1, -0.05) is 6.92 Å². The number of nitrogens with one attached hydrogen (secondary N) is 1. The number of hydrogen-bond donors (Lipinski definition) is 1. The van der Waals surface area contributed by atoms with E-state index in [0.29, 0.717) is 24.5 Å². The van der Waals surface area contributed by atoms with Gasteiger partial charge < -0.3 is 5.32 Å². The van der Waals surface area contributed by atoms with E-state index in [1.165, 1.54) is 0 Å². The van der Waals surface area contributed by atoms with Crippen LogP contribution in [0.4, 0.5) is 0 Å². The van der Waals surface area contributed by atoms with Gasteiger partial charge in [0.25, 0.3) is 0 Å². The van der Waals surface area contributed by atoms with E-state index in [-0.39, 0.29) is 0 Å². The lowest BCUT2D eigenvalue weighted by Crippen LogP contribution is -2.43. The van der Waals surface area contributed by atoms with E-state index in [4.69, 9.17) is 5.26 Å². The highest BCUT2D eigenvalue weighted by Gasteiger charge is 2.13. The van der Waals surface area contributed by atoms with Crippen LogP contribution < -0.4 is 5.32 Å². The van der Waals surface area contributed by atoms with Crippen LogP contribution in [-0.2, 0) is 0 Å². The Kier molecular flexibility index (Phi) is 8.23. The predicted molar refractivity (Wildman–Crippen MR) is 69.3 cm³/mol. The number of hydrogen-bond acceptors (Lipinski definition) is 3. The Hall–Kier alpha value is -0.590. The molecule has 0 aromatic rings. The molecule has 3 nitrogen and oxygen atoms in total. The Balaban J connectivity index is 3.89. The minimum atomic E-state index is 0.353. The highest BCUT2D eigenvalue weighted by Crippen LogP contribution is 2.04. The lowest BCUT2D eigenvalue weighted by Gasteiger charge is -2.31. The number of nitriles is 1. The molecule has 0 aliphatic heterocycles. The van der Waals surface area contributed by atoms with Crippen LogP contribution in [0.3, 0.4) is 0 Å². The van der Waals surface area contributed by atoms with Gasteiger partial charge in [-0.2, -0.15) is 5.26 Å². The molecular weight excluding hydrogens is 198 g/mol. The van der Waals surface area contributed by atoms with Crippen LogP contribution in [0.1, 0.15) is 47.5 Å². The smallest absolute Gasteiger partial charge is 0.0638 e. The Morgan fingerprint density at radius 1 is 1.19 bits per heavy atom. The van der Waals surface area contributed by atoms with Crippen molar-refractivity contribution in [1.29, 1.82) is 5.26 Å². The summed E-state index contributed by atoms with van der Waals surface area (Å²) in [6.07, 6.45) is 1.64. The molecule has 0 aromatic heterocycles. The summed E-state index contributed by atoms with van der Waals surface area (Å²) in [5.74, 6) is 0. The summed E-state index contributed by atoms with van der Waals surface area (Å²) >= 11 is 0. The van der Waals surface area contributed by atoms with Gasteiger partial charge >= 0.3 is 0 Å². The standard InChI is InChI=1S/C13H27N3/c1-6-13(7-8-14)15-9-10-16(11(2)3)12(4)5/h11-13,15H,6-7,9-10H2,1-5H3. The Bertz CT molecular complexity index is 198. The summed E-state index contributed by atoms with van der Waals surface area (Å²) in [5, 5.41) is 12.1. The first-order valence-corrected chi connectivity index (χ1v) is 6.39. The molecule has 0 saturated carbocycles. The lowest BCUT2D eigenvalue weighted by molar-refractivity contribution is 0.173. The van der Waals surface area contributed by atoms with E-state index in [9.17, 15) is 0 Å². The van der Waals surface area contributed by atoms with Crippen molar-refractivity contribution < 1.29 is 0 Å². The van der Waals surface area contributed by atoms with Gasteiger partial charge in [0.05, 0.1) is 12.5 Å². The third-order valence-corrected chi connectivity index (χ3v) is 2.96. The first-order chi connectivity index (χ1) is 7.52. The SMILES string of the molecule is CCC(CC#N)NCCN(C(C)C)C(C)C. The van der Waals surface area contributed by atoms with Crippen molar-refractivity contribution in [1.82, 2.24) is 10.2 Å². The maximum atomic E-state index is 8.65. The first-order valence-electron chi connectivity index (χ1n) is 6.39. The van der Waals surface area contributed by atoms with Gasteiger partial charge in [-0.05, 0) is 34.1 Å². The molecule has 0 aliphatic rings. The van der Waals surface area contributed by atoms with E-state index < -0.39 is 0 Å². The topological polar surface area (TPSA) is 39.1 Å². The molecule has 0 aromatic carbocycles. The van der Waals surface area contributed by atoms with E-state index in [0.717, 1.165) is 19.5 Å². The van der Waals surface area contributed by atoms with Crippen LogP contribution in [0, 0.1) is 11.3 Å². The van der Waals surface area contributed by atoms with Gasteiger partial charge in [0, 0.05) is 31.2 Å². The molecule has 1 atom stereocenters. The van der Waals surface area contributed by atoms with Crippen molar-refractivity contribution in [3.8, 4) is 6.07 Å². The summed E-state index contributed by atoms with van der Waals surface area (Å²) in [6, 6.07) is 3.74. The average molecular weight is 225 g/mol. The zero-order valence-corrected chi connectivity index (χ0v) is 11.5. The van der Waals surface area contributed by atoms with Gasteiger partial charge in [0.1, 0.15) is 0 Å². The molecule has 0 rings (SSSR count). The summed E-state index contributed by atoms with van der Waals surface area (Å²) < 4.78 is 0. The molecule has 0 amide bonds. The fraction of sp³-hybridized carbons (Fsp3) is 0.923. The molecule has 0 fully saturated rings. The fourth-order valence-corrected chi connectivity index (χ4v) is 1.98. The zero-order valence-electron chi connectivity index (χ0n) is 11.5. The lowest BCUT2D eigenvalue weighted by atomic mass is 10.1. The molecule has 3 heteroatoms. The monoisotopic (exact) mass is 225 g/mol. The average Bonchev–Trinajstić information content (AvgIpc) is 2.21. The third-order valence-electron chi connectivity index (χ3n) is 2.96. The Morgan fingerprint density at radius 2 is 1.75 bits per heavy atom. The van der Waals surface area contributed by atoms with Gasteiger partial charge in [-0.3, -0.25) is 4.90 Å². The molecule has 0 saturated heterocycles. The fourth-order valence-electron chi connectivity index (χ4n) is 1.98. The molecule has 0 bridgehead atoms. The summed E-state index contributed by atoms with van der Waals surface area (Å²) in [5.41, 5.74) is 0. The van der Waals surface area contributed by atoms with Crippen LogP contribution in [-0.4, -0.2) is 36.1 Å². The minimum Gasteiger partial charge on any atom is -0.312 e. The first kappa shape index (κ1) is 15.4. The maximum Gasteiger partial charge on any atom is 0.0638 e. The quantitative estimate of drug-likeness (QED) is 0.689. The summed E-state index contributed by atoms with van der Waals surface area (Å²) in [6.45, 7) is 13.1. The highest BCUT2D eigenvalue weighted by atomic mass is 15.2. The molecule has 16 heavy (non-hydrogen) atoms.